The molecule has 1 fully saturated rings. The van der Waals surface area contributed by atoms with E-state index in [1.165, 1.54) is 5.56 Å². The molecule has 2 aromatic carbocycles. The highest BCUT2D eigenvalue weighted by molar-refractivity contribution is 6.31. The van der Waals surface area contributed by atoms with E-state index < -0.39 is 0 Å². The van der Waals surface area contributed by atoms with Crippen molar-refractivity contribution < 1.29 is 9.26 Å². The summed E-state index contributed by atoms with van der Waals surface area (Å²) in [6, 6.07) is 18.0. The molecule has 0 amide bonds. The minimum absolute atomic E-state index is 0.172. The van der Waals surface area contributed by atoms with Crippen molar-refractivity contribution in [2.24, 2.45) is 0 Å². The van der Waals surface area contributed by atoms with Crippen LogP contribution in [0.2, 0.25) is 5.02 Å². The maximum atomic E-state index is 6.33. The van der Waals surface area contributed by atoms with Gasteiger partial charge in [0.25, 0.3) is 0 Å². The van der Waals surface area contributed by atoms with E-state index in [0.29, 0.717) is 35.6 Å². The number of rotatable bonds is 4. The second-order valence-corrected chi connectivity index (χ2v) is 8.17. The molecule has 2 aromatic heterocycles. The maximum Gasteiger partial charge on any atom is 0.237 e. The van der Waals surface area contributed by atoms with Crippen LogP contribution in [0.1, 0.15) is 41.7 Å². The highest BCUT2D eigenvalue weighted by Gasteiger charge is 2.51. The van der Waals surface area contributed by atoms with E-state index in [2.05, 4.69) is 27.6 Å². The van der Waals surface area contributed by atoms with Crippen LogP contribution in [0.15, 0.2) is 59.1 Å². The first-order valence-corrected chi connectivity index (χ1v) is 10.3. The third-order valence-electron chi connectivity index (χ3n) is 5.97. The first kappa shape index (κ1) is 17.8. The molecule has 150 valence electrons. The Hall–Kier alpha value is -3.03. The predicted octanol–water partition coefficient (Wildman–Crippen LogP) is 4.33. The molecule has 7 nitrogen and oxygen atoms in total. The van der Waals surface area contributed by atoms with E-state index in [0.717, 1.165) is 24.1 Å². The van der Waals surface area contributed by atoms with Crippen LogP contribution in [-0.4, -0.2) is 25.1 Å². The minimum atomic E-state index is -0.175. The lowest BCUT2D eigenvalue weighted by Crippen LogP contribution is -2.22. The van der Waals surface area contributed by atoms with Crippen LogP contribution in [0, 0.1) is 0 Å². The van der Waals surface area contributed by atoms with Gasteiger partial charge in [-0.15, -0.1) is 5.10 Å². The first-order chi connectivity index (χ1) is 14.7. The van der Waals surface area contributed by atoms with Crippen molar-refractivity contribution in [2.45, 2.75) is 37.5 Å². The van der Waals surface area contributed by atoms with E-state index in [1.54, 1.807) is 0 Å². The van der Waals surface area contributed by atoms with E-state index in [4.69, 9.17) is 25.8 Å². The standard InChI is InChI=1S/C22H18ClN5O2/c23-16-9-5-4-8-15(16)18-12-28-17(13-29-18)19(25-27-28)20-24-21(30-26-20)22(10-11-22)14-6-2-1-3-7-14/h1-9,18H,10-13H2. The van der Waals surface area contributed by atoms with Crippen molar-refractivity contribution >= 4 is 11.6 Å². The molecule has 1 unspecified atom stereocenters. The number of hydrogen-bond acceptors (Lipinski definition) is 6. The Balaban J connectivity index is 1.29. The fraction of sp³-hybridized carbons (Fsp3) is 0.273. The summed E-state index contributed by atoms with van der Waals surface area (Å²) in [5, 5.41) is 13.5. The molecule has 1 aliphatic heterocycles. The van der Waals surface area contributed by atoms with E-state index in [9.17, 15) is 0 Å². The Kier molecular flexibility index (Phi) is 4.01. The quantitative estimate of drug-likeness (QED) is 0.489. The zero-order valence-electron chi connectivity index (χ0n) is 16.0. The summed E-state index contributed by atoms with van der Waals surface area (Å²) in [6.07, 6.45) is 1.83. The summed E-state index contributed by atoms with van der Waals surface area (Å²) < 4.78 is 13.6. The second-order valence-electron chi connectivity index (χ2n) is 7.76. The summed E-state index contributed by atoms with van der Waals surface area (Å²) in [5.74, 6) is 1.09. The van der Waals surface area contributed by atoms with Crippen LogP contribution in [0.25, 0.3) is 11.5 Å². The molecule has 0 spiro atoms. The van der Waals surface area contributed by atoms with Crippen LogP contribution in [-0.2, 0) is 23.3 Å². The Morgan fingerprint density at radius 1 is 1.03 bits per heavy atom. The Morgan fingerprint density at radius 2 is 1.83 bits per heavy atom. The lowest BCUT2D eigenvalue weighted by Gasteiger charge is -2.24. The third-order valence-corrected chi connectivity index (χ3v) is 6.32. The van der Waals surface area contributed by atoms with Crippen molar-refractivity contribution in [3.63, 3.8) is 0 Å². The van der Waals surface area contributed by atoms with Crippen LogP contribution in [0.3, 0.4) is 0 Å². The zero-order chi connectivity index (χ0) is 20.1. The smallest absolute Gasteiger partial charge is 0.237 e. The average Bonchev–Trinajstić information content (AvgIpc) is 3.25. The van der Waals surface area contributed by atoms with Crippen molar-refractivity contribution in [3.05, 3.63) is 82.3 Å². The average molecular weight is 420 g/mol. The van der Waals surface area contributed by atoms with Crippen LogP contribution in [0.5, 0.6) is 0 Å². The van der Waals surface area contributed by atoms with E-state index in [-0.39, 0.29) is 11.5 Å². The Morgan fingerprint density at radius 3 is 2.63 bits per heavy atom. The number of aromatic nitrogens is 5. The fourth-order valence-electron chi connectivity index (χ4n) is 4.13. The van der Waals surface area contributed by atoms with Crippen molar-refractivity contribution in [1.82, 2.24) is 25.1 Å². The zero-order valence-corrected chi connectivity index (χ0v) is 16.8. The summed E-state index contributed by atoms with van der Waals surface area (Å²) >= 11 is 6.33. The van der Waals surface area contributed by atoms with Crippen molar-refractivity contribution in [1.29, 1.82) is 0 Å². The summed E-state index contributed by atoms with van der Waals surface area (Å²) in [6.45, 7) is 0.886. The van der Waals surface area contributed by atoms with Crippen molar-refractivity contribution in [3.8, 4) is 11.5 Å². The molecule has 0 bridgehead atoms. The number of hydrogen-bond donors (Lipinski definition) is 0. The molecule has 4 aromatic rings. The van der Waals surface area contributed by atoms with Gasteiger partial charge in [0, 0.05) is 10.6 Å². The van der Waals surface area contributed by atoms with Gasteiger partial charge in [0.15, 0.2) is 5.69 Å². The molecule has 0 radical (unpaired) electrons. The molecule has 0 N–H and O–H groups in total. The minimum Gasteiger partial charge on any atom is -0.365 e. The highest BCUT2D eigenvalue weighted by atomic mass is 35.5. The molecule has 3 heterocycles. The normalized spacial score (nSPS) is 19.4. The lowest BCUT2D eigenvalue weighted by atomic mass is 9.96. The van der Waals surface area contributed by atoms with Gasteiger partial charge in [0.1, 0.15) is 6.10 Å². The molecular formula is C22H18ClN5O2. The number of halogens is 1. The monoisotopic (exact) mass is 419 g/mol. The fourth-order valence-corrected chi connectivity index (χ4v) is 4.39. The number of ether oxygens (including phenoxy) is 1. The lowest BCUT2D eigenvalue weighted by molar-refractivity contribution is -0.00106. The van der Waals surface area contributed by atoms with Gasteiger partial charge in [-0.25, -0.2) is 4.68 Å². The molecule has 6 rings (SSSR count). The number of nitrogens with zero attached hydrogens (tertiary/aromatic N) is 5. The second kappa shape index (κ2) is 6.75. The molecule has 1 atom stereocenters. The molecule has 1 saturated carbocycles. The first-order valence-electron chi connectivity index (χ1n) is 9.93. The van der Waals surface area contributed by atoms with Crippen LogP contribution >= 0.6 is 11.6 Å². The van der Waals surface area contributed by atoms with Crippen LogP contribution < -0.4 is 0 Å². The summed E-state index contributed by atoms with van der Waals surface area (Å²) in [7, 11) is 0. The van der Waals surface area contributed by atoms with E-state index >= 15 is 0 Å². The molecule has 1 aliphatic carbocycles. The third kappa shape index (κ3) is 2.77. The van der Waals surface area contributed by atoms with Gasteiger partial charge in [-0.1, -0.05) is 70.5 Å². The van der Waals surface area contributed by atoms with Gasteiger partial charge in [0.2, 0.25) is 11.7 Å². The summed E-state index contributed by atoms with van der Waals surface area (Å²) in [4.78, 5) is 4.69. The van der Waals surface area contributed by atoms with Crippen LogP contribution in [0.4, 0.5) is 0 Å². The van der Waals surface area contributed by atoms with Crippen molar-refractivity contribution in [2.75, 3.05) is 0 Å². The number of benzene rings is 2. The molecule has 2 aliphatic rings. The molecule has 0 saturated heterocycles. The van der Waals surface area contributed by atoms with Gasteiger partial charge < -0.3 is 9.26 Å². The molecule has 30 heavy (non-hydrogen) atoms. The van der Waals surface area contributed by atoms with E-state index in [1.807, 2.05) is 47.1 Å². The summed E-state index contributed by atoms with van der Waals surface area (Å²) in [5.41, 5.74) is 3.42. The molecule has 8 heteroatoms. The van der Waals surface area contributed by atoms with Gasteiger partial charge in [-0.3, -0.25) is 0 Å². The Bertz CT molecular complexity index is 1220. The maximum absolute atomic E-state index is 6.33. The van der Waals surface area contributed by atoms with Gasteiger partial charge in [-0.2, -0.15) is 4.98 Å². The Labute approximate surface area is 177 Å². The number of fused-ring (bicyclic) bond motifs is 1. The molecular weight excluding hydrogens is 402 g/mol. The largest absolute Gasteiger partial charge is 0.365 e. The highest BCUT2D eigenvalue weighted by Crippen LogP contribution is 2.53. The van der Waals surface area contributed by atoms with Gasteiger partial charge >= 0.3 is 0 Å². The van der Waals surface area contributed by atoms with Gasteiger partial charge in [0.05, 0.1) is 24.3 Å². The topological polar surface area (TPSA) is 78.9 Å². The predicted molar refractivity (Wildman–Crippen MR) is 109 cm³/mol. The SMILES string of the molecule is Clc1ccccc1C1Cn2nnc(-c3noc(C4(c5ccccc5)CC4)n3)c2CO1. The van der Waals surface area contributed by atoms with Gasteiger partial charge in [-0.05, 0) is 24.5 Å².